The van der Waals surface area contributed by atoms with E-state index in [4.69, 9.17) is 15.2 Å². The van der Waals surface area contributed by atoms with Crippen molar-refractivity contribution in [3.05, 3.63) is 0 Å². The second-order valence-electron chi connectivity index (χ2n) is 3.59. The van der Waals surface area contributed by atoms with Gasteiger partial charge in [0, 0.05) is 19.1 Å². The Hall–Kier alpha value is -0.120. The third kappa shape index (κ3) is 4.35. The monoisotopic (exact) mass is 161 g/mol. The first-order valence-corrected chi connectivity index (χ1v) is 3.87. The van der Waals surface area contributed by atoms with E-state index >= 15 is 0 Å². The van der Waals surface area contributed by atoms with E-state index in [0.29, 0.717) is 13.2 Å². The van der Waals surface area contributed by atoms with E-state index in [0.717, 1.165) is 0 Å². The third-order valence-electron chi connectivity index (χ3n) is 1.31. The van der Waals surface area contributed by atoms with E-state index in [9.17, 15) is 0 Å². The third-order valence-corrected chi connectivity index (χ3v) is 1.31. The highest BCUT2D eigenvalue weighted by Gasteiger charge is 2.24. The lowest BCUT2D eigenvalue weighted by Gasteiger charge is -2.28. The summed E-state index contributed by atoms with van der Waals surface area (Å²) in [6.07, 6.45) is -0.161. The first-order valence-electron chi connectivity index (χ1n) is 3.87. The number of ether oxygens (including phenoxy) is 2. The summed E-state index contributed by atoms with van der Waals surface area (Å²) in [7, 11) is 1.65. The van der Waals surface area contributed by atoms with Gasteiger partial charge in [-0.15, -0.1) is 0 Å². The molecule has 0 aromatic rings. The zero-order valence-corrected chi connectivity index (χ0v) is 7.89. The van der Waals surface area contributed by atoms with Crippen LogP contribution < -0.4 is 5.73 Å². The van der Waals surface area contributed by atoms with Gasteiger partial charge in [0.05, 0.1) is 6.61 Å². The van der Waals surface area contributed by atoms with Gasteiger partial charge in [-0.2, -0.15) is 0 Å². The number of hydrogen-bond acceptors (Lipinski definition) is 3. The summed E-state index contributed by atoms with van der Waals surface area (Å²) in [5.74, 6) is 0. The molecule has 0 heterocycles. The molecule has 1 atom stereocenters. The predicted molar refractivity (Wildman–Crippen MR) is 45.3 cm³/mol. The fourth-order valence-corrected chi connectivity index (χ4v) is 0.847. The number of methoxy groups -OCH3 is 1. The molecule has 0 aromatic carbocycles. The molecule has 0 aliphatic rings. The fraction of sp³-hybridized carbons (Fsp3) is 1.00. The Balaban J connectivity index is 3.76. The van der Waals surface area contributed by atoms with Crippen molar-refractivity contribution in [2.45, 2.75) is 27.1 Å². The van der Waals surface area contributed by atoms with Crippen LogP contribution in [0.3, 0.4) is 0 Å². The minimum absolute atomic E-state index is 0.0178. The molecule has 0 saturated carbocycles. The van der Waals surface area contributed by atoms with Crippen LogP contribution in [0.15, 0.2) is 0 Å². The van der Waals surface area contributed by atoms with Crippen LogP contribution in [0.5, 0.6) is 0 Å². The van der Waals surface area contributed by atoms with Crippen LogP contribution in [0.1, 0.15) is 20.8 Å². The van der Waals surface area contributed by atoms with Crippen molar-refractivity contribution in [2.24, 2.45) is 11.1 Å². The lowest BCUT2D eigenvalue weighted by atomic mass is 9.96. The van der Waals surface area contributed by atoms with Gasteiger partial charge in [-0.25, -0.2) is 0 Å². The first-order chi connectivity index (χ1) is 5.02. The molecule has 11 heavy (non-hydrogen) atoms. The Morgan fingerprint density at radius 2 is 1.91 bits per heavy atom. The zero-order valence-electron chi connectivity index (χ0n) is 7.89. The van der Waals surface area contributed by atoms with Crippen LogP contribution >= 0.6 is 0 Å². The van der Waals surface area contributed by atoms with E-state index in [-0.39, 0.29) is 11.7 Å². The molecule has 0 aliphatic heterocycles. The Bertz CT molecular complexity index is 98.8. The first kappa shape index (κ1) is 10.9. The highest BCUT2D eigenvalue weighted by molar-refractivity contribution is 4.65. The number of hydrogen-bond donors (Lipinski definition) is 1. The molecule has 3 heteroatoms. The van der Waals surface area contributed by atoms with Crippen molar-refractivity contribution < 1.29 is 9.47 Å². The largest absolute Gasteiger partial charge is 0.355 e. The van der Waals surface area contributed by atoms with Crippen LogP contribution in [0.2, 0.25) is 0 Å². The van der Waals surface area contributed by atoms with Crippen molar-refractivity contribution in [3.63, 3.8) is 0 Å². The summed E-state index contributed by atoms with van der Waals surface area (Å²) in [6.45, 7) is 7.29. The fourth-order valence-electron chi connectivity index (χ4n) is 0.847. The SMILES string of the molecule is COC(OCCN)C(C)(C)C. The highest BCUT2D eigenvalue weighted by atomic mass is 16.7. The lowest BCUT2D eigenvalue weighted by Crippen LogP contribution is -2.32. The molecule has 3 nitrogen and oxygen atoms in total. The van der Waals surface area contributed by atoms with Crippen LogP contribution in [0.4, 0.5) is 0 Å². The van der Waals surface area contributed by atoms with Crippen molar-refractivity contribution in [1.29, 1.82) is 0 Å². The maximum absolute atomic E-state index is 5.36. The standard InChI is InChI=1S/C8H19NO2/c1-8(2,3)7(10-4)11-6-5-9/h7H,5-6,9H2,1-4H3. The minimum atomic E-state index is -0.161. The van der Waals surface area contributed by atoms with Crippen LogP contribution in [-0.4, -0.2) is 26.6 Å². The van der Waals surface area contributed by atoms with E-state index in [1.807, 2.05) is 0 Å². The summed E-state index contributed by atoms with van der Waals surface area (Å²) in [5, 5.41) is 0. The Labute approximate surface area is 68.9 Å². The number of nitrogens with two attached hydrogens (primary N) is 1. The lowest BCUT2D eigenvalue weighted by molar-refractivity contribution is -0.176. The van der Waals surface area contributed by atoms with Gasteiger partial charge < -0.3 is 15.2 Å². The Morgan fingerprint density at radius 3 is 2.18 bits per heavy atom. The average Bonchev–Trinajstić information content (AvgIpc) is 1.87. The molecular weight excluding hydrogens is 142 g/mol. The van der Waals surface area contributed by atoms with Gasteiger partial charge in [0.25, 0.3) is 0 Å². The van der Waals surface area contributed by atoms with Gasteiger partial charge in [-0.05, 0) is 0 Å². The van der Waals surface area contributed by atoms with E-state index < -0.39 is 0 Å². The topological polar surface area (TPSA) is 44.5 Å². The molecule has 0 amide bonds. The summed E-state index contributed by atoms with van der Waals surface area (Å²) < 4.78 is 10.5. The smallest absolute Gasteiger partial charge is 0.162 e. The summed E-state index contributed by atoms with van der Waals surface area (Å²) in [6, 6.07) is 0. The molecule has 68 valence electrons. The van der Waals surface area contributed by atoms with Gasteiger partial charge in [-0.3, -0.25) is 0 Å². The molecule has 0 aromatic heterocycles. The Morgan fingerprint density at radius 1 is 1.36 bits per heavy atom. The van der Waals surface area contributed by atoms with Gasteiger partial charge >= 0.3 is 0 Å². The normalized spacial score (nSPS) is 15.0. The second-order valence-corrected chi connectivity index (χ2v) is 3.59. The zero-order chi connectivity index (χ0) is 8.91. The molecular formula is C8H19NO2. The quantitative estimate of drug-likeness (QED) is 0.625. The van der Waals surface area contributed by atoms with Crippen molar-refractivity contribution in [2.75, 3.05) is 20.3 Å². The van der Waals surface area contributed by atoms with Gasteiger partial charge in [0.15, 0.2) is 6.29 Å². The van der Waals surface area contributed by atoms with E-state index in [1.54, 1.807) is 7.11 Å². The van der Waals surface area contributed by atoms with Crippen LogP contribution in [0, 0.1) is 5.41 Å². The van der Waals surface area contributed by atoms with Gasteiger partial charge in [0.1, 0.15) is 0 Å². The Kier molecular flexibility index (Phi) is 4.65. The maximum atomic E-state index is 5.36. The van der Waals surface area contributed by atoms with Crippen molar-refractivity contribution >= 4 is 0 Å². The van der Waals surface area contributed by atoms with E-state index in [1.165, 1.54) is 0 Å². The molecule has 0 fully saturated rings. The molecule has 0 saturated heterocycles. The van der Waals surface area contributed by atoms with Gasteiger partial charge in [-0.1, -0.05) is 20.8 Å². The summed E-state index contributed by atoms with van der Waals surface area (Å²) >= 11 is 0. The molecule has 1 unspecified atom stereocenters. The maximum Gasteiger partial charge on any atom is 0.162 e. The predicted octanol–water partition coefficient (Wildman–Crippen LogP) is 0.980. The van der Waals surface area contributed by atoms with Crippen molar-refractivity contribution in [1.82, 2.24) is 0 Å². The second kappa shape index (κ2) is 4.70. The van der Waals surface area contributed by atoms with Crippen molar-refractivity contribution in [3.8, 4) is 0 Å². The number of rotatable bonds is 4. The molecule has 0 rings (SSSR count). The minimum Gasteiger partial charge on any atom is -0.355 e. The van der Waals surface area contributed by atoms with Crippen LogP contribution in [0.25, 0.3) is 0 Å². The summed E-state index contributed by atoms with van der Waals surface area (Å²) in [4.78, 5) is 0. The molecule has 0 radical (unpaired) electrons. The molecule has 0 bridgehead atoms. The molecule has 2 N–H and O–H groups in total. The highest BCUT2D eigenvalue weighted by Crippen LogP contribution is 2.22. The van der Waals surface area contributed by atoms with Crippen LogP contribution in [-0.2, 0) is 9.47 Å². The average molecular weight is 161 g/mol. The summed E-state index contributed by atoms with van der Waals surface area (Å²) in [5.41, 5.74) is 5.31. The van der Waals surface area contributed by atoms with E-state index in [2.05, 4.69) is 20.8 Å². The van der Waals surface area contributed by atoms with Gasteiger partial charge in [0.2, 0.25) is 0 Å². The molecule has 0 spiro atoms. The molecule has 0 aliphatic carbocycles.